The molecule has 3 aromatic carbocycles. The van der Waals surface area contributed by atoms with Gasteiger partial charge >= 0.3 is 0 Å². The summed E-state index contributed by atoms with van der Waals surface area (Å²) in [6.45, 7) is 4.15. The molecule has 0 aliphatic heterocycles. The molecule has 0 aliphatic rings. The summed E-state index contributed by atoms with van der Waals surface area (Å²) < 4.78 is 0. The first-order chi connectivity index (χ1) is 16.2. The van der Waals surface area contributed by atoms with Crippen LogP contribution in [0.3, 0.4) is 0 Å². The molecule has 1 radical (unpaired) electrons. The quantitative estimate of drug-likeness (QED) is 0.198. The maximum absolute atomic E-state index is 4.52. The van der Waals surface area contributed by atoms with Crippen molar-refractivity contribution in [1.82, 2.24) is 9.97 Å². The summed E-state index contributed by atoms with van der Waals surface area (Å²) in [4.78, 5) is 8.84. The Labute approximate surface area is 216 Å². The van der Waals surface area contributed by atoms with E-state index >= 15 is 0 Å². The van der Waals surface area contributed by atoms with Gasteiger partial charge in [0.1, 0.15) is 0 Å². The molecule has 0 unspecified atom stereocenters. The first-order valence-electron chi connectivity index (χ1n) is 11.1. The van der Waals surface area contributed by atoms with E-state index < -0.39 is 0 Å². The normalized spacial score (nSPS) is 9.94. The van der Waals surface area contributed by atoms with Crippen LogP contribution in [0.4, 0.5) is 0 Å². The van der Waals surface area contributed by atoms with Gasteiger partial charge in [0.05, 0.1) is 0 Å². The van der Waals surface area contributed by atoms with Gasteiger partial charge < -0.3 is 9.97 Å². The van der Waals surface area contributed by atoms with Crippen molar-refractivity contribution >= 4 is 0 Å². The third kappa shape index (κ3) is 7.05. The molecule has 2 heterocycles. The molecule has 0 bridgehead atoms. The fraction of sp³-hybridized carbons (Fsp3) is 0.0968. The molecule has 0 N–H and O–H groups in total. The van der Waals surface area contributed by atoms with E-state index in [1.807, 2.05) is 80.0 Å². The van der Waals surface area contributed by atoms with E-state index in [0.717, 1.165) is 28.9 Å². The number of hydrogen-bond donors (Lipinski definition) is 0. The SMILES string of the molecule is Cc1ccc(-c2[c-]cccc2)nc1.Cc1cnc(-c2[c-]cccc2)cc1Cc1ccccc1.[Ir]. The van der Waals surface area contributed by atoms with Gasteiger partial charge in [-0.3, -0.25) is 0 Å². The topological polar surface area (TPSA) is 25.8 Å². The summed E-state index contributed by atoms with van der Waals surface area (Å²) in [7, 11) is 0. The molecule has 5 aromatic rings. The number of pyridine rings is 2. The van der Waals surface area contributed by atoms with Crippen LogP contribution in [-0.4, -0.2) is 9.97 Å². The van der Waals surface area contributed by atoms with Crippen molar-refractivity contribution in [2.24, 2.45) is 0 Å². The molecule has 5 rings (SSSR count). The van der Waals surface area contributed by atoms with Crippen LogP contribution in [0.5, 0.6) is 0 Å². The Morgan fingerprint density at radius 2 is 1.26 bits per heavy atom. The molecule has 0 atom stereocenters. The summed E-state index contributed by atoms with van der Waals surface area (Å²) in [6, 6.07) is 39.0. The molecule has 0 spiro atoms. The second-order valence-corrected chi connectivity index (χ2v) is 7.93. The Hall–Kier alpha value is -3.39. The maximum atomic E-state index is 4.52. The number of benzene rings is 3. The number of rotatable bonds is 4. The molecule has 0 amide bonds. The predicted molar refractivity (Wildman–Crippen MR) is 136 cm³/mol. The van der Waals surface area contributed by atoms with Crippen LogP contribution in [0.1, 0.15) is 22.3 Å². The first-order valence-corrected chi connectivity index (χ1v) is 11.1. The maximum Gasteiger partial charge on any atom is 0.0192 e. The van der Waals surface area contributed by atoms with Crippen LogP contribution in [-0.2, 0) is 26.5 Å². The van der Waals surface area contributed by atoms with Crippen LogP contribution in [0.25, 0.3) is 22.5 Å². The molecular formula is C31H26IrN2-2. The molecule has 3 heteroatoms. The van der Waals surface area contributed by atoms with Crippen molar-refractivity contribution in [2.45, 2.75) is 20.3 Å². The van der Waals surface area contributed by atoms with Gasteiger partial charge in [-0.05, 0) is 53.9 Å². The number of nitrogens with zero attached hydrogens (tertiary/aromatic N) is 2. The van der Waals surface area contributed by atoms with Crippen molar-refractivity contribution < 1.29 is 20.1 Å². The number of aromatic nitrogens is 2. The fourth-order valence-corrected chi connectivity index (χ4v) is 3.45. The second kappa shape index (κ2) is 12.7. The monoisotopic (exact) mass is 619 g/mol. The average molecular weight is 619 g/mol. The van der Waals surface area contributed by atoms with Gasteiger partial charge in [0, 0.05) is 32.5 Å². The molecule has 0 fully saturated rings. The summed E-state index contributed by atoms with van der Waals surface area (Å²) in [6.07, 6.45) is 4.76. The minimum absolute atomic E-state index is 0. The van der Waals surface area contributed by atoms with Crippen LogP contribution >= 0.6 is 0 Å². The van der Waals surface area contributed by atoms with Crippen molar-refractivity contribution in [2.75, 3.05) is 0 Å². The Morgan fingerprint density at radius 1 is 0.647 bits per heavy atom. The molecule has 0 saturated carbocycles. The van der Waals surface area contributed by atoms with Crippen molar-refractivity contribution in [3.8, 4) is 22.5 Å². The Bertz CT molecular complexity index is 1270. The van der Waals surface area contributed by atoms with Crippen molar-refractivity contribution in [1.29, 1.82) is 0 Å². The van der Waals surface area contributed by atoms with Gasteiger partial charge in [0.25, 0.3) is 0 Å². The van der Waals surface area contributed by atoms with Gasteiger partial charge in [0.2, 0.25) is 0 Å². The zero-order valence-corrected chi connectivity index (χ0v) is 21.7. The predicted octanol–water partition coefficient (Wildman–Crippen LogP) is 7.30. The van der Waals surface area contributed by atoms with Gasteiger partial charge in [-0.25, -0.2) is 0 Å². The smallest absolute Gasteiger partial charge is 0.0192 e. The molecule has 171 valence electrons. The van der Waals surface area contributed by atoms with Crippen molar-refractivity contribution in [3.63, 3.8) is 0 Å². The summed E-state index contributed by atoms with van der Waals surface area (Å²) in [5.74, 6) is 0. The largest absolute Gasteiger partial charge is 0.304 e. The van der Waals surface area contributed by atoms with E-state index in [1.54, 1.807) is 0 Å². The molecule has 2 nitrogen and oxygen atoms in total. The fourth-order valence-electron chi connectivity index (χ4n) is 3.45. The number of aryl methyl sites for hydroxylation is 2. The molecule has 34 heavy (non-hydrogen) atoms. The molecule has 0 saturated heterocycles. The van der Waals surface area contributed by atoms with Crippen molar-refractivity contribution in [3.05, 3.63) is 144 Å². The Kier molecular flexibility index (Phi) is 9.46. The van der Waals surface area contributed by atoms with Crippen LogP contribution in [0.15, 0.2) is 109 Å². The van der Waals surface area contributed by atoms with Gasteiger partial charge in [-0.2, -0.15) is 0 Å². The van der Waals surface area contributed by atoms with E-state index in [0.29, 0.717) is 0 Å². The van der Waals surface area contributed by atoms with Crippen LogP contribution in [0.2, 0.25) is 0 Å². The Balaban J connectivity index is 0.000000201. The zero-order chi connectivity index (χ0) is 22.9. The molecule has 0 aliphatic carbocycles. The summed E-state index contributed by atoms with van der Waals surface area (Å²) in [5.41, 5.74) is 9.11. The third-order valence-corrected chi connectivity index (χ3v) is 5.33. The average Bonchev–Trinajstić information content (AvgIpc) is 2.88. The van der Waals surface area contributed by atoms with Gasteiger partial charge in [0.15, 0.2) is 0 Å². The standard InChI is InChI=1S/C19H16N.C12H10N.Ir/c1-15-14-20-19(17-10-6-3-7-11-17)13-18(15)12-16-8-4-2-5-9-16;1-10-7-8-12(13-9-10)11-5-3-2-4-6-11;/h2-10,13-14H,12H2,1H3;2-5,7-9H,1H3;/q2*-1;. The number of hydrogen-bond acceptors (Lipinski definition) is 2. The first kappa shape index (κ1) is 25.2. The minimum Gasteiger partial charge on any atom is -0.304 e. The summed E-state index contributed by atoms with van der Waals surface area (Å²) in [5, 5.41) is 0. The molecular weight excluding hydrogens is 593 g/mol. The van der Waals surface area contributed by atoms with Gasteiger partial charge in [-0.15, -0.1) is 71.8 Å². The minimum atomic E-state index is 0. The van der Waals surface area contributed by atoms with E-state index in [9.17, 15) is 0 Å². The van der Waals surface area contributed by atoms with Gasteiger partial charge in [-0.1, -0.05) is 48.5 Å². The Morgan fingerprint density at radius 3 is 1.85 bits per heavy atom. The summed E-state index contributed by atoms with van der Waals surface area (Å²) >= 11 is 0. The van der Waals surface area contributed by atoms with E-state index in [1.165, 1.54) is 22.3 Å². The third-order valence-electron chi connectivity index (χ3n) is 5.33. The van der Waals surface area contributed by atoms with Crippen LogP contribution in [0, 0.1) is 26.0 Å². The van der Waals surface area contributed by atoms with E-state index in [4.69, 9.17) is 0 Å². The van der Waals surface area contributed by atoms with E-state index in [-0.39, 0.29) is 20.1 Å². The zero-order valence-electron chi connectivity index (χ0n) is 19.3. The molecule has 2 aromatic heterocycles. The second-order valence-electron chi connectivity index (χ2n) is 7.93. The van der Waals surface area contributed by atoms with Crippen LogP contribution < -0.4 is 0 Å². The van der Waals surface area contributed by atoms with E-state index in [2.05, 4.69) is 65.4 Å².